The zero-order valence-corrected chi connectivity index (χ0v) is 9.13. The first-order valence-electron chi connectivity index (χ1n) is 4.27. The molecule has 1 atom stereocenters. The van der Waals surface area contributed by atoms with E-state index in [1.807, 2.05) is 13.0 Å². The maximum absolute atomic E-state index is 11.5. The Bertz CT molecular complexity index is 277. The molecule has 0 rings (SSSR count). The van der Waals surface area contributed by atoms with Crippen molar-refractivity contribution in [2.75, 3.05) is 14.1 Å². The van der Waals surface area contributed by atoms with Crippen LogP contribution in [0.1, 0.15) is 26.2 Å². The van der Waals surface area contributed by atoms with Gasteiger partial charge in [-0.15, -0.1) is 0 Å². The summed E-state index contributed by atoms with van der Waals surface area (Å²) < 4.78 is 24.0. The van der Waals surface area contributed by atoms with E-state index in [0.29, 0.717) is 6.42 Å². The van der Waals surface area contributed by atoms with Crippen LogP contribution in [-0.4, -0.2) is 32.1 Å². The van der Waals surface area contributed by atoms with Gasteiger partial charge in [0.25, 0.3) is 0 Å². The molecule has 0 aliphatic carbocycles. The second-order valence-electron chi connectivity index (χ2n) is 3.09. The summed E-state index contributed by atoms with van der Waals surface area (Å²) in [5.74, 6) is 0. The van der Waals surface area contributed by atoms with Crippen LogP contribution in [0, 0.1) is 11.3 Å². The molecule has 0 spiro atoms. The maximum atomic E-state index is 11.5. The molecule has 76 valence electrons. The van der Waals surface area contributed by atoms with Crippen LogP contribution in [0.2, 0.25) is 0 Å². The number of unbranched alkanes of at least 4 members (excludes halogenated alkanes) is 1. The van der Waals surface area contributed by atoms with E-state index in [1.54, 1.807) is 0 Å². The van der Waals surface area contributed by atoms with Gasteiger partial charge in [0.2, 0.25) is 10.0 Å². The molecule has 5 heteroatoms. The van der Waals surface area contributed by atoms with Crippen LogP contribution in [0.4, 0.5) is 0 Å². The first kappa shape index (κ1) is 12.4. The van der Waals surface area contributed by atoms with Crippen molar-refractivity contribution in [2.45, 2.75) is 31.4 Å². The van der Waals surface area contributed by atoms with Gasteiger partial charge in [-0.05, 0) is 6.42 Å². The molecule has 0 aliphatic heterocycles. The summed E-state index contributed by atoms with van der Waals surface area (Å²) in [4.78, 5) is 0. The van der Waals surface area contributed by atoms with Gasteiger partial charge >= 0.3 is 0 Å². The molecule has 1 unspecified atom stereocenters. The van der Waals surface area contributed by atoms with Gasteiger partial charge in [-0.3, -0.25) is 0 Å². The Hall–Kier alpha value is -0.600. The summed E-state index contributed by atoms with van der Waals surface area (Å²) in [6, 6.07) is 1.83. The van der Waals surface area contributed by atoms with E-state index in [9.17, 15) is 8.42 Å². The number of nitriles is 1. The minimum Gasteiger partial charge on any atom is -0.211 e. The highest BCUT2D eigenvalue weighted by Gasteiger charge is 2.26. The SMILES string of the molecule is CCCCC(C#N)S(=O)(=O)N(C)C. The van der Waals surface area contributed by atoms with Crippen LogP contribution in [0.15, 0.2) is 0 Å². The van der Waals surface area contributed by atoms with Crippen molar-refractivity contribution in [3.05, 3.63) is 0 Å². The Kier molecular flexibility index (Phi) is 4.96. The Morgan fingerprint density at radius 2 is 2.00 bits per heavy atom. The third-order valence-electron chi connectivity index (χ3n) is 1.83. The fraction of sp³-hybridized carbons (Fsp3) is 0.875. The smallest absolute Gasteiger partial charge is 0.211 e. The quantitative estimate of drug-likeness (QED) is 0.670. The van der Waals surface area contributed by atoms with Gasteiger partial charge in [0.15, 0.2) is 5.25 Å². The molecule has 4 nitrogen and oxygen atoms in total. The van der Waals surface area contributed by atoms with E-state index in [2.05, 4.69) is 0 Å². The van der Waals surface area contributed by atoms with Crippen molar-refractivity contribution in [1.29, 1.82) is 5.26 Å². The molecular formula is C8H16N2O2S. The lowest BCUT2D eigenvalue weighted by Gasteiger charge is -2.15. The molecule has 0 N–H and O–H groups in total. The number of hydrogen-bond acceptors (Lipinski definition) is 3. The van der Waals surface area contributed by atoms with Crippen LogP contribution in [0.3, 0.4) is 0 Å². The van der Waals surface area contributed by atoms with Crippen LogP contribution in [0.25, 0.3) is 0 Å². The van der Waals surface area contributed by atoms with E-state index in [4.69, 9.17) is 5.26 Å². The van der Waals surface area contributed by atoms with E-state index < -0.39 is 15.3 Å². The third kappa shape index (κ3) is 3.33. The van der Waals surface area contributed by atoms with Gasteiger partial charge in [0, 0.05) is 14.1 Å². The van der Waals surface area contributed by atoms with Crippen molar-refractivity contribution in [1.82, 2.24) is 4.31 Å². The average Bonchev–Trinajstić information content (AvgIpc) is 2.05. The van der Waals surface area contributed by atoms with Gasteiger partial charge < -0.3 is 0 Å². The van der Waals surface area contributed by atoms with Crippen LogP contribution >= 0.6 is 0 Å². The van der Waals surface area contributed by atoms with Crippen LogP contribution in [-0.2, 0) is 10.0 Å². The number of nitrogens with zero attached hydrogens (tertiary/aromatic N) is 2. The first-order chi connectivity index (χ1) is 5.96. The zero-order valence-electron chi connectivity index (χ0n) is 8.32. The van der Waals surface area contributed by atoms with Gasteiger partial charge in [0.1, 0.15) is 0 Å². The maximum Gasteiger partial charge on any atom is 0.229 e. The molecule has 0 saturated carbocycles. The normalized spacial score (nSPS) is 14.1. The minimum atomic E-state index is -3.39. The highest BCUT2D eigenvalue weighted by Crippen LogP contribution is 2.11. The molecule has 0 aromatic carbocycles. The molecule has 0 bridgehead atoms. The lowest BCUT2D eigenvalue weighted by molar-refractivity contribution is 0.508. The van der Waals surface area contributed by atoms with Gasteiger partial charge in [-0.2, -0.15) is 5.26 Å². The average molecular weight is 204 g/mol. The van der Waals surface area contributed by atoms with Crippen molar-refractivity contribution < 1.29 is 8.42 Å². The summed E-state index contributed by atoms with van der Waals surface area (Å²) in [7, 11) is -0.489. The van der Waals surface area contributed by atoms with Crippen molar-refractivity contribution in [3.63, 3.8) is 0 Å². The Labute approximate surface area is 80.2 Å². The predicted octanol–water partition coefficient (Wildman–Crippen LogP) is 0.960. The van der Waals surface area contributed by atoms with E-state index >= 15 is 0 Å². The zero-order chi connectivity index (χ0) is 10.5. The Balaban J connectivity index is 4.52. The standard InChI is InChI=1S/C8H16N2O2S/c1-4-5-6-8(7-9)13(11,12)10(2)3/h8H,4-6H2,1-3H3. The van der Waals surface area contributed by atoms with Crippen molar-refractivity contribution >= 4 is 10.0 Å². The molecule has 13 heavy (non-hydrogen) atoms. The highest BCUT2D eigenvalue weighted by atomic mass is 32.2. The van der Waals surface area contributed by atoms with E-state index in [-0.39, 0.29) is 0 Å². The van der Waals surface area contributed by atoms with E-state index in [0.717, 1.165) is 17.1 Å². The summed E-state index contributed by atoms with van der Waals surface area (Å²) >= 11 is 0. The van der Waals surface area contributed by atoms with Crippen LogP contribution < -0.4 is 0 Å². The fourth-order valence-corrected chi connectivity index (χ4v) is 2.03. The minimum absolute atomic E-state index is 0.424. The first-order valence-corrected chi connectivity index (χ1v) is 5.78. The lowest BCUT2D eigenvalue weighted by Crippen LogP contribution is -2.32. The molecule has 0 fully saturated rings. The molecule has 0 radical (unpaired) electrons. The topological polar surface area (TPSA) is 61.2 Å². The van der Waals surface area contributed by atoms with Crippen molar-refractivity contribution in [3.8, 4) is 6.07 Å². The number of rotatable bonds is 5. The molecule has 0 saturated heterocycles. The van der Waals surface area contributed by atoms with Crippen molar-refractivity contribution in [2.24, 2.45) is 0 Å². The number of hydrogen-bond donors (Lipinski definition) is 0. The third-order valence-corrected chi connectivity index (χ3v) is 3.91. The highest BCUT2D eigenvalue weighted by molar-refractivity contribution is 7.89. The summed E-state index contributed by atoms with van der Waals surface area (Å²) in [6.45, 7) is 1.97. The molecule has 0 aliphatic rings. The fourth-order valence-electron chi connectivity index (χ4n) is 0.924. The van der Waals surface area contributed by atoms with Gasteiger partial charge in [-0.1, -0.05) is 19.8 Å². The van der Waals surface area contributed by atoms with Gasteiger partial charge in [0.05, 0.1) is 6.07 Å². The predicted molar refractivity (Wildman–Crippen MR) is 51.5 cm³/mol. The second-order valence-corrected chi connectivity index (χ2v) is 5.42. The second kappa shape index (κ2) is 5.20. The van der Waals surface area contributed by atoms with Gasteiger partial charge in [-0.25, -0.2) is 12.7 Å². The van der Waals surface area contributed by atoms with Crippen LogP contribution in [0.5, 0.6) is 0 Å². The molecule has 0 aromatic heterocycles. The summed E-state index contributed by atoms with van der Waals surface area (Å²) in [5, 5.41) is 7.79. The molecular weight excluding hydrogens is 188 g/mol. The number of sulfonamides is 1. The largest absolute Gasteiger partial charge is 0.229 e. The Morgan fingerprint density at radius 3 is 2.31 bits per heavy atom. The Morgan fingerprint density at radius 1 is 1.46 bits per heavy atom. The summed E-state index contributed by atoms with van der Waals surface area (Å²) in [6.07, 6.45) is 2.10. The molecule has 0 heterocycles. The molecule has 0 aromatic rings. The molecule has 0 amide bonds. The lowest BCUT2D eigenvalue weighted by atomic mass is 10.2. The van der Waals surface area contributed by atoms with E-state index in [1.165, 1.54) is 14.1 Å². The monoisotopic (exact) mass is 204 g/mol. The summed E-state index contributed by atoms with van der Waals surface area (Å²) in [5.41, 5.74) is 0.